The fourth-order valence-electron chi connectivity index (χ4n) is 3.46. The first-order chi connectivity index (χ1) is 15.4. The van der Waals surface area contributed by atoms with Crippen molar-refractivity contribution in [3.05, 3.63) is 68.8 Å². The highest BCUT2D eigenvalue weighted by atomic mass is 35.5. The minimum atomic E-state index is -0.605. The molecule has 0 spiro atoms. The van der Waals surface area contributed by atoms with E-state index in [1.54, 1.807) is 31.2 Å². The van der Waals surface area contributed by atoms with Gasteiger partial charge in [0.05, 0.1) is 29.8 Å². The van der Waals surface area contributed by atoms with Gasteiger partial charge >= 0.3 is 5.97 Å². The predicted octanol–water partition coefficient (Wildman–Crippen LogP) is 4.03. The zero-order valence-corrected chi connectivity index (χ0v) is 18.9. The Morgan fingerprint density at radius 3 is 2.66 bits per heavy atom. The summed E-state index contributed by atoms with van der Waals surface area (Å²) < 4.78 is 18.0. The van der Waals surface area contributed by atoms with Crippen LogP contribution in [0.4, 0.5) is 5.95 Å². The summed E-state index contributed by atoms with van der Waals surface area (Å²) in [6.07, 6.45) is 0. The van der Waals surface area contributed by atoms with Crippen molar-refractivity contribution in [1.82, 2.24) is 20.2 Å². The van der Waals surface area contributed by atoms with Gasteiger partial charge in [0.15, 0.2) is 11.5 Å². The van der Waals surface area contributed by atoms with Crippen LogP contribution in [0.2, 0.25) is 10.0 Å². The first-order valence-corrected chi connectivity index (χ1v) is 10.3. The van der Waals surface area contributed by atoms with Gasteiger partial charge in [0.1, 0.15) is 12.6 Å². The molecule has 4 rings (SSSR count). The molecule has 2 aromatic carbocycles. The highest BCUT2D eigenvalue weighted by molar-refractivity contribution is 6.42. The molecule has 1 N–H and O–H groups in total. The minimum Gasteiger partial charge on any atom is -0.493 e. The van der Waals surface area contributed by atoms with Gasteiger partial charge in [0, 0.05) is 5.70 Å². The van der Waals surface area contributed by atoms with Gasteiger partial charge in [-0.3, -0.25) is 0 Å². The van der Waals surface area contributed by atoms with Crippen molar-refractivity contribution in [2.75, 3.05) is 19.5 Å². The fourth-order valence-corrected chi connectivity index (χ4v) is 3.78. The van der Waals surface area contributed by atoms with Crippen molar-refractivity contribution in [3.63, 3.8) is 0 Å². The molecule has 0 bridgehead atoms. The summed E-state index contributed by atoms with van der Waals surface area (Å²) in [4.78, 5) is 12.5. The second kappa shape index (κ2) is 9.05. The summed E-state index contributed by atoms with van der Waals surface area (Å²) in [5, 5.41) is 15.7. The van der Waals surface area contributed by atoms with Crippen molar-refractivity contribution in [1.29, 1.82) is 0 Å². The maximum Gasteiger partial charge on any atom is 0.338 e. The first-order valence-electron chi connectivity index (χ1n) is 9.51. The molecular formula is C21H19Cl2N5O4. The standard InChI is InChI=1S/C21H19Cl2N5O4/c1-11-18(20(29)31-3)19(28-21(24-11)25-26-27-28)13-5-7-16(17(9-13)30-2)32-10-12-4-6-14(22)15(23)8-12/h4-9,19H,10H2,1-3H3,(H,24,25,27). The molecule has 1 aliphatic heterocycles. The molecule has 0 saturated carbocycles. The molecule has 11 heteroatoms. The lowest BCUT2D eigenvalue weighted by Crippen LogP contribution is -2.29. The third-order valence-electron chi connectivity index (χ3n) is 5.00. The molecule has 1 aromatic heterocycles. The average Bonchev–Trinajstić information content (AvgIpc) is 3.26. The lowest BCUT2D eigenvalue weighted by Gasteiger charge is -2.27. The number of hydrogen-bond donors (Lipinski definition) is 1. The number of allylic oxidation sites excluding steroid dienone is 1. The summed E-state index contributed by atoms with van der Waals surface area (Å²) in [5.74, 6) is 0.935. The second-order valence-electron chi connectivity index (χ2n) is 6.95. The van der Waals surface area contributed by atoms with E-state index in [1.165, 1.54) is 18.9 Å². The van der Waals surface area contributed by atoms with E-state index in [1.807, 2.05) is 12.1 Å². The fraction of sp³-hybridized carbons (Fsp3) is 0.238. The Hall–Kier alpha value is -3.30. The molecule has 0 amide bonds. The Morgan fingerprint density at radius 2 is 1.94 bits per heavy atom. The van der Waals surface area contributed by atoms with Crippen LogP contribution < -0.4 is 14.8 Å². The van der Waals surface area contributed by atoms with Crippen LogP contribution in [-0.2, 0) is 16.1 Å². The summed E-state index contributed by atoms with van der Waals surface area (Å²) in [7, 11) is 2.87. The van der Waals surface area contributed by atoms with Gasteiger partial charge in [-0.1, -0.05) is 40.4 Å². The Morgan fingerprint density at radius 1 is 1.12 bits per heavy atom. The molecule has 1 atom stereocenters. The molecule has 0 aliphatic carbocycles. The Kier molecular flexibility index (Phi) is 6.20. The van der Waals surface area contributed by atoms with E-state index in [0.29, 0.717) is 38.8 Å². The van der Waals surface area contributed by atoms with Crippen LogP contribution in [0.1, 0.15) is 24.1 Å². The van der Waals surface area contributed by atoms with Crippen molar-refractivity contribution in [3.8, 4) is 11.5 Å². The summed E-state index contributed by atoms with van der Waals surface area (Å²) in [6.45, 7) is 2.03. The molecule has 166 valence electrons. The third-order valence-corrected chi connectivity index (χ3v) is 5.74. The maximum atomic E-state index is 12.5. The number of carbonyl (C=O) groups is 1. The monoisotopic (exact) mass is 475 g/mol. The third kappa shape index (κ3) is 4.09. The van der Waals surface area contributed by atoms with Crippen LogP contribution in [0.5, 0.6) is 11.5 Å². The van der Waals surface area contributed by atoms with Crippen LogP contribution in [0.15, 0.2) is 47.7 Å². The number of hydrogen-bond acceptors (Lipinski definition) is 8. The SMILES string of the molecule is COC(=O)C1=C(C)Nc2nnnn2C1c1ccc(OCc2ccc(Cl)c(Cl)c2)c(OC)c1. The topological polar surface area (TPSA) is 100 Å². The molecule has 0 fully saturated rings. The lowest BCUT2D eigenvalue weighted by atomic mass is 9.95. The number of rotatable bonds is 6. The number of benzene rings is 2. The number of carbonyl (C=O) groups excluding carboxylic acids is 1. The number of methoxy groups -OCH3 is 2. The van der Waals surface area contributed by atoms with Gasteiger partial charge in [0.25, 0.3) is 0 Å². The number of anilines is 1. The minimum absolute atomic E-state index is 0.267. The first kappa shape index (κ1) is 21.9. The number of nitrogens with one attached hydrogen (secondary N) is 1. The van der Waals surface area contributed by atoms with Crippen LogP contribution in [0.3, 0.4) is 0 Å². The summed E-state index contributed by atoms with van der Waals surface area (Å²) >= 11 is 12.0. The Balaban J connectivity index is 1.67. The molecule has 9 nitrogen and oxygen atoms in total. The quantitative estimate of drug-likeness (QED) is 0.533. The highest BCUT2D eigenvalue weighted by Gasteiger charge is 2.35. The zero-order valence-electron chi connectivity index (χ0n) is 17.4. The molecule has 32 heavy (non-hydrogen) atoms. The van der Waals surface area contributed by atoms with Crippen molar-refractivity contribution >= 4 is 35.1 Å². The summed E-state index contributed by atoms with van der Waals surface area (Å²) in [5.41, 5.74) is 2.56. The number of ether oxygens (including phenoxy) is 3. The number of nitrogens with zero attached hydrogens (tertiary/aromatic N) is 4. The van der Waals surface area contributed by atoms with E-state index in [9.17, 15) is 4.79 Å². The second-order valence-corrected chi connectivity index (χ2v) is 7.77. The van der Waals surface area contributed by atoms with E-state index in [-0.39, 0.29) is 6.61 Å². The largest absolute Gasteiger partial charge is 0.493 e. The molecular weight excluding hydrogens is 457 g/mol. The smallest absolute Gasteiger partial charge is 0.338 e. The average molecular weight is 476 g/mol. The van der Waals surface area contributed by atoms with Gasteiger partial charge in [-0.05, 0) is 52.7 Å². The number of esters is 1. The van der Waals surface area contributed by atoms with Crippen LogP contribution in [0, 0.1) is 0 Å². The van der Waals surface area contributed by atoms with Crippen LogP contribution >= 0.6 is 23.2 Å². The van der Waals surface area contributed by atoms with E-state index in [2.05, 4.69) is 20.8 Å². The number of aromatic nitrogens is 4. The molecule has 1 aliphatic rings. The predicted molar refractivity (Wildman–Crippen MR) is 118 cm³/mol. The Labute approximate surface area is 193 Å². The van der Waals surface area contributed by atoms with Gasteiger partial charge in [-0.15, -0.1) is 0 Å². The van der Waals surface area contributed by atoms with Gasteiger partial charge in [-0.25, -0.2) is 4.79 Å². The van der Waals surface area contributed by atoms with E-state index in [0.717, 1.165) is 11.1 Å². The van der Waals surface area contributed by atoms with Crippen LogP contribution in [0.25, 0.3) is 0 Å². The number of fused-ring (bicyclic) bond motifs is 1. The number of halogens is 2. The molecule has 3 aromatic rings. The molecule has 0 saturated heterocycles. The maximum absolute atomic E-state index is 12.5. The van der Waals surface area contributed by atoms with E-state index >= 15 is 0 Å². The van der Waals surface area contributed by atoms with Crippen LogP contribution in [-0.4, -0.2) is 40.4 Å². The summed E-state index contributed by atoms with van der Waals surface area (Å²) in [6, 6.07) is 10.1. The molecule has 2 heterocycles. The van der Waals surface area contributed by atoms with Gasteiger partial charge in [0.2, 0.25) is 5.95 Å². The van der Waals surface area contributed by atoms with Crippen molar-refractivity contribution in [2.45, 2.75) is 19.6 Å². The van der Waals surface area contributed by atoms with Gasteiger partial charge in [-0.2, -0.15) is 4.68 Å². The Bertz CT molecular complexity index is 1210. The highest BCUT2D eigenvalue weighted by Crippen LogP contribution is 2.38. The van der Waals surface area contributed by atoms with E-state index < -0.39 is 12.0 Å². The van der Waals surface area contributed by atoms with E-state index in [4.69, 9.17) is 37.4 Å². The van der Waals surface area contributed by atoms with Gasteiger partial charge < -0.3 is 19.5 Å². The number of tetrazole rings is 1. The lowest BCUT2D eigenvalue weighted by molar-refractivity contribution is -0.136. The molecule has 0 radical (unpaired) electrons. The van der Waals surface area contributed by atoms with Crippen molar-refractivity contribution in [2.24, 2.45) is 0 Å². The zero-order chi connectivity index (χ0) is 22.8. The molecule has 1 unspecified atom stereocenters. The normalized spacial score (nSPS) is 15.1. The van der Waals surface area contributed by atoms with Crippen molar-refractivity contribution < 1.29 is 19.0 Å².